The van der Waals surface area contributed by atoms with Crippen LogP contribution in [0, 0.1) is 0 Å². The Hall–Kier alpha value is -1.45. The monoisotopic (exact) mass is 397 g/mol. The first-order chi connectivity index (χ1) is 12.8. The predicted octanol–water partition coefficient (Wildman–Crippen LogP) is 0.236. The van der Waals surface area contributed by atoms with Gasteiger partial charge in [-0.2, -0.15) is 5.10 Å². The Morgan fingerprint density at radius 3 is 2.96 bits per heavy atom. The maximum atomic E-state index is 11.9. The maximum Gasteiger partial charge on any atom is 0.221 e. The summed E-state index contributed by atoms with van der Waals surface area (Å²) in [6.45, 7) is 4.73. The number of piperidine rings is 1. The summed E-state index contributed by atoms with van der Waals surface area (Å²) in [6, 6.07) is 0.311. The second-order valence-corrected chi connectivity index (χ2v) is 10.3. The van der Waals surface area contributed by atoms with Crippen LogP contribution in [-0.2, 0) is 26.7 Å². The lowest BCUT2D eigenvalue weighted by Crippen LogP contribution is -2.46. The van der Waals surface area contributed by atoms with Gasteiger partial charge in [-0.15, -0.1) is 0 Å². The third-order valence-electron chi connectivity index (χ3n) is 5.71. The maximum absolute atomic E-state index is 11.9. The van der Waals surface area contributed by atoms with Crippen molar-refractivity contribution in [3.63, 3.8) is 0 Å². The van der Waals surface area contributed by atoms with Crippen LogP contribution >= 0.6 is 0 Å². The van der Waals surface area contributed by atoms with Crippen molar-refractivity contribution < 1.29 is 13.2 Å². The molecule has 2 atom stereocenters. The molecule has 152 valence electrons. The minimum atomic E-state index is -2.97. The first kappa shape index (κ1) is 20.3. The summed E-state index contributed by atoms with van der Waals surface area (Å²) >= 11 is 0. The summed E-state index contributed by atoms with van der Waals surface area (Å²) in [5, 5.41) is 7.45. The van der Waals surface area contributed by atoms with E-state index in [2.05, 4.69) is 15.3 Å². The highest BCUT2D eigenvalue weighted by molar-refractivity contribution is 7.91. The van der Waals surface area contributed by atoms with Crippen molar-refractivity contribution in [3.05, 3.63) is 18.0 Å². The van der Waals surface area contributed by atoms with Crippen molar-refractivity contribution in [1.29, 1.82) is 0 Å². The van der Waals surface area contributed by atoms with E-state index in [1.165, 1.54) is 6.42 Å². The second-order valence-electron chi connectivity index (χ2n) is 8.09. The first-order valence-corrected chi connectivity index (χ1v) is 11.6. The molecule has 9 heteroatoms. The van der Waals surface area contributed by atoms with Crippen molar-refractivity contribution >= 4 is 15.7 Å². The molecule has 2 aliphatic heterocycles. The molecule has 1 amide bonds. The van der Waals surface area contributed by atoms with Crippen molar-refractivity contribution in [3.8, 4) is 0 Å². The number of carbonyl (C=O) groups excluding carboxylic acids is 1. The average Bonchev–Trinajstić information content (AvgIpc) is 3.19. The third kappa shape index (κ3) is 5.08. The number of carbonyl (C=O) groups is 1. The SMILES string of the molecule is CC1(n2cc(CN3CCCCC3CNC(=O)CCN)cn2)CCS(=O)(=O)C1. The number of amides is 1. The first-order valence-electron chi connectivity index (χ1n) is 9.77. The molecular weight excluding hydrogens is 366 g/mol. The molecule has 2 saturated heterocycles. The summed E-state index contributed by atoms with van der Waals surface area (Å²) in [7, 11) is -2.97. The Kier molecular flexibility index (Phi) is 6.22. The lowest BCUT2D eigenvalue weighted by Gasteiger charge is -2.35. The van der Waals surface area contributed by atoms with Gasteiger partial charge in [-0.05, 0) is 32.7 Å². The normalized spacial score (nSPS) is 28.3. The van der Waals surface area contributed by atoms with Crippen molar-refractivity contribution in [2.75, 3.05) is 31.1 Å². The largest absolute Gasteiger partial charge is 0.354 e. The molecule has 0 aliphatic carbocycles. The topological polar surface area (TPSA) is 110 Å². The quantitative estimate of drug-likeness (QED) is 0.682. The molecule has 3 rings (SSSR count). The lowest BCUT2D eigenvalue weighted by atomic mass is 10.0. The fraction of sp³-hybridized carbons (Fsp3) is 0.778. The van der Waals surface area contributed by atoms with Gasteiger partial charge in [0.25, 0.3) is 0 Å². The van der Waals surface area contributed by atoms with Crippen LogP contribution in [-0.4, -0.2) is 66.2 Å². The molecule has 3 N–H and O–H groups in total. The van der Waals surface area contributed by atoms with Crippen molar-refractivity contribution in [1.82, 2.24) is 20.0 Å². The van der Waals surface area contributed by atoms with Crippen LogP contribution in [0.2, 0.25) is 0 Å². The Morgan fingerprint density at radius 1 is 1.44 bits per heavy atom. The van der Waals surface area contributed by atoms with Crippen LogP contribution in [0.5, 0.6) is 0 Å². The Bertz CT molecular complexity index is 763. The zero-order chi connectivity index (χ0) is 19.5. The number of nitrogens with one attached hydrogen (secondary N) is 1. The zero-order valence-corrected chi connectivity index (χ0v) is 16.9. The molecule has 1 aromatic rings. The molecule has 0 bridgehead atoms. The Balaban J connectivity index is 1.62. The number of nitrogens with zero attached hydrogens (tertiary/aromatic N) is 3. The van der Waals surface area contributed by atoms with Gasteiger partial charge in [0.05, 0.1) is 23.2 Å². The van der Waals surface area contributed by atoms with Gasteiger partial charge in [-0.25, -0.2) is 8.42 Å². The fourth-order valence-corrected chi connectivity index (χ4v) is 6.22. The van der Waals surface area contributed by atoms with Crippen LogP contribution in [0.4, 0.5) is 0 Å². The number of likely N-dealkylation sites (tertiary alicyclic amines) is 1. The Morgan fingerprint density at radius 2 is 2.26 bits per heavy atom. The van der Waals surface area contributed by atoms with Gasteiger partial charge in [-0.3, -0.25) is 14.4 Å². The molecule has 0 aromatic carbocycles. The molecular formula is C18H31N5O3S. The summed E-state index contributed by atoms with van der Waals surface area (Å²) < 4.78 is 25.6. The highest BCUT2D eigenvalue weighted by atomic mass is 32.2. The van der Waals surface area contributed by atoms with E-state index >= 15 is 0 Å². The van der Waals surface area contributed by atoms with Crippen LogP contribution in [0.15, 0.2) is 12.4 Å². The molecule has 2 fully saturated rings. The van der Waals surface area contributed by atoms with E-state index in [0.29, 0.717) is 32.0 Å². The highest BCUT2D eigenvalue weighted by Gasteiger charge is 2.40. The standard InChI is InChI=1S/C18H31N5O3S/c1-18(6-9-27(25,26)14-18)23-13-15(10-21-23)12-22-8-3-2-4-16(22)11-20-17(24)5-7-19/h10,13,16H,2-9,11-12,14,19H2,1H3,(H,20,24). The summed E-state index contributed by atoms with van der Waals surface area (Å²) in [5.74, 6) is 0.391. The van der Waals surface area contributed by atoms with E-state index in [1.807, 2.05) is 24.0 Å². The van der Waals surface area contributed by atoms with E-state index in [1.54, 1.807) is 0 Å². The van der Waals surface area contributed by atoms with Crippen LogP contribution in [0.1, 0.15) is 44.6 Å². The summed E-state index contributed by atoms with van der Waals surface area (Å²) in [6.07, 6.45) is 8.18. The molecule has 3 heterocycles. The molecule has 0 saturated carbocycles. The van der Waals surface area contributed by atoms with Gasteiger partial charge in [0.2, 0.25) is 5.91 Å². The number of hydrogen-bond acceptors (Lipinski definition) is 6. The number of aromatic nitrogens is 2. The van der Waals surface area contributed by atoms with E-state index < -0.39 is 15.4 Å². The third-order valence-corrected chi connectivity index (χ3v) is 7.60. The minimum Gasteiger partial charge on any atom is -0.354 e. The molecule has 0 spiro atoms. The molecule has 2 aliphatic rings. The highest BCUT2D eigenvalue weighted by Crippen LogP contribution is 2.30. The van der Waals surface area contributed by atoms with Crippen molar-refractivity contribution in [2.24, 2.45) is 5.73 Å². The number of nitrogens with two attached hydrogens (primary N) is 1. The van der Waals surface area contributed by atoms with Gasteiger partial charge in [0, 0.05) is 43.9 Å². The van der Waals surface area contributed by atoms with Crippen LogP contribution in [0.3, 0.4) is 0 Å². The van der Waals surface area contributed by atoms with Crippen LogP contribution < -0.4 is 11.1 Å². The van der Waals surface area contributed by atoms with Gasteiger partial charge in [0.15, 0.2) is 9.84 Å². The molecule has 2 unspecified atom stereocenters. The predicted molar refractivity (Wildman–Crippen MR) is 104 cm³/mol. The zero-order valence-electron chi connectivity index (χ0n) is 16.1. The lowest BCUT2D eigenvalue weighted by molar-refractivity contribution is -0.121. The molecule has 8 nitrogen and oxygen atoms in total. The fourth-order valence-electron chi connectivity index (χ4n) is 4.10. The number of hydrogen-bond donors (Lipinski definition) is 2. The molecule has 0 radical (unpaired) electrons. The molecule has 27 heavy (non-hydrogen) atoms. The second kappa shape index (κ2) is 8.28. The number of sulfone groups is 1. The van der Waals surface area contributed by atoms with Crippen molar-refractivity contribution in [2.45, 2.75) is 57.2 Å². The summed E-state index contributed by atoms with van der Waals surface area (Å²) in [5.41, 5.74) is 6.07. The summed E-state index contributed by atoms with van der Waals surface area (Å²) in [4.78, 5) is 14.1. The van der Waals surface area contributed by atoms with E-state index in [0.717, 1.165) is 31.5 Å². The van der Waals surface area contributed by atoms with Gasteiger partial charge in [-0.1, -0.05) is 6.42 Å². The van der Waals surface area contributed by atoms with Gasteiger partial charge < -0.3 is 11.1 Å². The van der Waals surface area contributed by atoms with Gasteiger partial charge in [0.1, 0.15) is 0 Å². The average molecular weight is 398 g/mol. The van der Waals surface area contributed by atoms with E-state index in [9.17, 15) is 13.2 Å². The number of rotatable bonds is 7. The smallest absolute Gasteiger partial charge is 0.221 e. The minimum absolute atomic E-state index is 0.00575. The van der Waals surface area contributed by atoms with Gasteiger partial charge >= 0.3 is 0 Å². The molecule has 1 aromatic heterocycles. The van der Waals surface area contributed by atoms with Crippen LogP contribution in [0.25, 0.3) is 0 Å². The van der Waals surface area contributed by atoms with E-state index in [-0.39, 0.29) is 17.4 Å². The Labute approximate surface area is 161 Å². The van der Waals surface area contributed by atoms with E-state index in [4.69, 9.17) is 5.73 Å².